The number of nitrogens with zero attached hydrogens (tertiary/aromatic N) is 4. The molecule has 1 unspecified atom stereocenters. The minimum atomic E-state index is -3.46. The number of halogens is 1. The van der Waals surface area contributed by atoms with Gasteiger partial charge in [-0.25, -0.2) is 8.42 Å². The Bertz CT molecular complexity index is 1400. The zero-order valence-electron chi connectivity index (χ0n) is 21.3. The summed E-state index contributed by atoms with van der Waals surface area (Å²) in [5.74, 6) is -0.906. The van der Waals surface area contributed by atoms with Crippen LogP contribution in [0.1, 0.15) is 19.0 Å². The van der Waals surface area contributed by atoms with Crippen LogP contribution in [0, 0.1) is 0 Å². The number of rotatable bonds is 11. The quantitative estimate of drug-likeness (QED) is 0.391. The van der Waals surface area contributed by atoms with E-state index in [9.17, 15) is 18.0 Å². The van der Waals surface area contributed by atoms with Gasteiger partial charge in [-0.2, -0.15) is 5.10 Å². The van der Waals surface area contributed by atoms with Crippen molar-refractivity contribution in [3.05, 3.63) is 53.4 Å². The van der Waals surface area contributed by atoms with Gasteiger partial charge in [-0.05, 0) is 29.8 Å². The number of fused-ring (bicyclic) bond motifs is 1. The first kappa shape index (κ1) is 28.3. The number of hydrazone groups is 1. The highest BCUT2D eigenvalue weighted by Crippen LogP contribution is 2.36. The monoisotopic (exact) mass is 577 g/mol. The van der Waals surface area contributed by atoms with Gasteiger partial charge in [-0.15, -0.1) is 0 Å². The molecule has 0 radical (unpaired) electrons. The Morgan fingerprint density at radius 2 is 2.05 bits per heavy atom. The number of hydrogen-bond acceptors (Lipinski definition) is 11. The molecule has 1 aromatic carbocycles. The number of nitrogens with two attached hydrogens (primary N) is 1. The predicted octanol–water partition coefficient (Wildman–Crippen LogP) is 1.83. The van der Waals surface area contributed by atoms with Crippen molar-refractivity contribution in [1.29, 1.82) is 0 Å². The van der Waals surface area contributed by atoms with Gasteiger partial charge in [0.2, 0.25) is 0 Å². The lowest BCUT2D eigenvalue weighted by Crippen LogP contribution is -2.47. The Balaban J connectivity index is 1.47. The third-order valence-electron chi connectivity index (χ3n) is 6.09. The number of amides is 1. The van der Waals surface area contributed by atoms with Crippen LogP contribution in [0.25, 0.3) is 5.57 Å². The molecule has 12 nitrogen and oxygen atoms in total. The second-order valence-electron chi connectivity index (χ2n) is 8.72. The maximum Gasteiger partial charge on any atom is 0.320 e. The van der Waals surface area contributed by atoms with E-state index in [1.807, 2.05) is 0 Å². The van der Waals surface area contributed by atoms with Crippen LogP contribution in [0.2, 0.25) is 5.02 Å². The molecule has 0 saturated heterocycles. The summed E-state index contributed by atoms with van der Waals surface area (Å²) in [5, 5.41) is 6.53. The highest BCUT2D eigenvalue weighted by molar-refractivity contribution is 7.91. The molecule has 1 aromatic heterocycles. The number of sulfone groups is 1. The predicted molar refractivity (Wildman–Crippen MR) is 145 cm³/mol. The van der Waals surface area contributed by atoms with E-state index in [0.29, 0.717) is 22.8 Å². The van der Waals surface area contributed by atoms with E-state index in [0.717, 1.165) is 5.57 Å². The first-order chi connectivity index (χ1) is 18.6. The molecule has 0 bridgehead atoms. The van der Waals surface area contributed by atoms with Gasteiger partial charge in [-0.1, -0.05) is 18.5 Å². The molecule has 2 N–H and O–H groups in total. The van der Waals surface area contributed by atoms with Gasteiger partial charge >= 0.3 is 5.97 Å². The number of carbonyl (C=O) groups excluding carboxylic acids is 2. The van der Waals surface area contributed by atoms with E-state index in [2.05, 4.69) is 10.1 Å². The summed E-state index contributed by atoms with van der Waals surface area (Å²) in [4.78, 5) is 30.8. The number of ether oxygens (including phenoxy) is 3. The molecular formula is C25H28ClN5O7S. The number of anilines is 1. The standard InChI is InChI=1S/C25H28ClN5O7S/c1-3-39(34,35)14-19(38-24(32)10-27)13-37-22-7-5-18(9-23(22)36-2)30-15-29-31-12-16(8-21(31)25(30)33)20-6-4-17(26)11-28-20/h4-7,9,11-12,15,19,21H,3,8,10,13-14,27H2,1-2H3/t19-,21?/m0/s1. The van der Waals surface area contributed by atoms with Crippen molar-refractivity contribution in [2.45, 2.75) is 25.5 Å². The van der Waals surface area contributed by atoms with Gasteiger partial charge in [0.1, 0.15) is 25.1 Å². The summed E-state index contributed by atoms with van der Waals surface area (Å²) in [6.07, 6.45) is 4.12. The SMILES string of the molecule is CCS(=O)(=O)C[C@H](COc1ccc(N2C=NN3C=C(c4ccc(Cl)cn4)CC3C2=O)cc1OC)OC(=O)CN. The Morgan fingerprint density at radius 1 is 1.26 bits per heavy atom. The molecule has 14 heteroatoms. The number of esters is 1. The second-order valence-corrected chi connectivity index (χ2v) is 11.6. The van der Waals surface area contributed by atoms with Crippen LogP contribution in [0.15, 0.2) is 47.8 Å². The Morgan fingerprint density at radius 3 is 2.72 bits per heavy atom. The summed E-state index contributed by atoms with van der Waals surface area (Å²) < 4.78 is 40.5. The van der Waals surface area contributed by atoms with Crippen LogP contribution >= 0.6 is 11.6 Å². The summed E-state index contributed by atoms with van der Waals surface area (Å²) in [6.45, 7) is 0.869. The Hall–Kier alpha value is -3.68. The minimum absolute atomic E-state index is 0.112. The van der Waals surface area contributed by atoms with Crippen molar-refractivity contribution < 1.29 is 32.2 Å². The van der Waals surface area contributed by atoms with Crippen molar-refractivity contribution >= 4 is 50.9 Å². The average molecular weight is 578 g/mol. The Labute approximate surface area is 230 Å². The fourth-order valence-corrected chi connectivity index (χ4v) is 5.12. The molecule has 208 valence electrons. The molecule has 39 heavy (non-hydrogen) atoms. The third-order valence-corrected chi connectivity index (χ3v) is 8.08. The van der Waals surface area contributed by atoms with Gasteiger partial charge in [0, 0.05) is 30.6 Å². The zero-order valence-corrected chi connectivity index (χ0v) is 22.9. The van der Waals surface area contributed by atoms with E-state index >= 15 is 0 Å². The van der Waals surface area contributed by atoms with Crippen LogP contribution in [0.4, 0.5) is 5.69 Å². The molecule has 2 aliphatic rings. The van der Waals surface area contributed by atoms with Gasteiger partial charge in [-0.3, -0.25) is 24.5 Å². The molecule has 0 fully saturated rings. The average Bonchev–Trinajstić information content (AvgIpc) is 3.37. The maximum atomic E-state index is 13.4. The van der Waals surface area contributed by atoms with Crippen molar-refractivity contribution in [2.24, 2.45) is 10.8 Å². The molecule has 2 aliphatic heterocycles. The minimum Gasteiger partial charge on any atom is -0.493 e. The number of carbonyl (C=O) groups is 2. The normalized spacial score (nSPS) is 17.5. The molecule has 2 aromatic rings. The van der Waals surface area contributed by atoms with Crippen molar-refractivity contribution in [3.8, 4) is 11.5 Å². The second kappa shape index (κ2) is 12.0. The van der Waals surface area contributed by atoms with Crippen molar-refractivity contribution in [2.75, 3.05) is 36.7 Å². The summed E-state index contributed by atoms with van der Waals surface area (Å²) >= 11 is 5.93. The summed E-state index contributed by atoms with van der Waals surface area (Å²) in [6, 6.07) is 7.81. The molecule has 0 spiro atoms. The third kappa shape index (κ3) is 6.67. The van der Waals surface area contributed by atoms with E-state index in [-0.39, 0.29) is 29.8 Å². The summed E-state index contributed by atoms with van der Waals surface area (Å²) in [7, 11) is -2.03. The van der Waals surface area contributed by atoms with Crippen LogP contribution in [0.5, 0.6) is 11.5 Å². The Kier molecular flexibility index (Phi) is 8.73. The number of aromatic nitrogens is 1. The number of hydrogen-bond donors (Lipinski definition) is 1. The van der Waals surface area contributed by atoms with Crippen molar-refractivity contribution in [3.63, 3.8) is 0 Å². The lowest BCUT2D eigenvalue weighted by atomic mass is 10.1. The molecule has 0 aliphatic carbocycles. The molecule has 4 rings (SSSR count). The summed E-state index contributed by atoms with van der Waals surface area (Å²) in [5.41, 5.74) is 7.37. The van der Waals surface area contributed by atoms with Gasteiger partial charge in [0.15, 0.2) is 21.3 Å². The van der Waals surface area contributed by atoms with Crippen LogP contribution in [0.3, 0.4) is 0 Å². The lowest BCUT2D eigenvalue weighted by Gasteiger charge is -2.30. The zero-order chi connectivity index (χ0) is 28.2. The maximum absolute atomic E-state index is 13.4. The van der Waals surface area contributed by atoms with Gasteiger partial charge in [0.25, 0.3) is 5.91 Å². The molecule has 0 saturated carbocycles. The van der Waals surface area contributed by atoms with E-state index in [1.165, 1.54) is 25.3 Å². The smallest absolute Gasteiger partial charge is 0.320 e. The van der Waals surface area contributed by atoms with E-state index < -0.39 is 40.2 Å². The molecule has 2 atom stereocenters. The molecule has 1 amide bonds. The number of methoxy groups -OCH3 is 1. The van der Waals surface area contributed by atoms with E-state index in [1.54, 1.807) is 47.7 Å². The first-order valence-electron chi connectivity index (χ1n) is 12.0. The van der Waals surface area contributed by atoms with Crippen LogP contribution < -0.4 is 20.1 Å². The fourth-order valence-electron chi connectivity index (χ4n) is 4.04. The fraction of sp³-hybridized carbons (Fsp3) is 0.360. The molecular weight excluding hydrogens is 550 g/mol. The van der Waals surface area contributed by atoms with Crippen molar-refractivity contribution in [1.82, 2.24) is 9.99 Å². The number of benzene rings is 1. The van der Waals surface area contributed by atoms with Gasteiger partial charge in [0.05, 0.1) is 35.8 Å². The topological polar surface area (TPSA) is 154 Å². The highest BCUT2D eigenvalue weighted by atomic mass is 35.5. The largest absolute Gasteiger partial charge is 0.493 e. The van der Waals surface area contributed by atoms with Crippen LogP contribution in [-0.2, 0) is 24.2 Å². The number of pyridine rings is 1. The van der Waals surface area contributed by atoms with Crippen LogP contribution in [-0.4, -0.2) is 80.5 Å². The molecule has 3 heterocycles. The van der Waals surface area contributed by atoms with Gasteiger partial charge < -0.3 is 19.9 Å². The highest BCUT2D eigenvalue weighted by Gasteiger charge is 2.38. The van der Waals surface area contributed by atoms with E-state index in [4.69, 9.17) is 31.5 Å². The first-order valence-corrected chi connectivity index (χ1v) is 14.2. The lowest BCUT2D eigenvalue weighted by molar-refractivity contribution is -0.147.